The first kappa shape index (κ1) is 34.3. The molecule has 0 aliphatic heterocycles. The van der Waals surface area contributed by atoms with Crippen LogP contribution in [-0.2, 0) is 0 Å². The summed E-state index contributed by atoms with van der Waals surface area (Å²) in [6.45, 7) is 0. The largest absolute Gasteiger partial charge is 0.0622 e. The molecule has 60 heavy (non-hydrogen) atoms. The third-order valence-electron chi connectivity index (χ3n) is 12.6. The van der Waals surface area contributed by atoms with Gasteiger partial charge in [-0.1, -0.05) is 212 Å². The summed E-state index contributed by atoms with van der Waals surface area (Å²) in [7, 11) is 0. The minimum absolute atomic E-state index is 1.22. The Morgan fingerprint density at radius 1 is 0.150 bits per heavy atom. The smallest absolute Gasteiger partial charge is 0.00262 e. The lowest BCUT2D eigenvalue weighted by atomic mass is 9.84. The van der Waals surface area contributed by atoms with Crippen LogP contribution in [0.1, 0.15) is 0 Å². The van der Waals surface area contributed by atoms with Crippen molar-refractivity contribution in [3.05, 3.63) is 231 Å². The molecule has 0 saturated carbocycles. The Labute approximate surface area is 349 Å². The molecule has 0 unspecified atom stereocenters. The summed E-state index contributed by atoms with van der Waals surface area (Å²) < 4.78 is 0. The van der Waals surface area contributed by atoms with E-state index in [0.29, 0.717) is 0 Å². The molecule has 0 fully saturated rings. The molecule has 0 heterocycles. The molecule has 0 N–H and O–H groups in total. The molecule has 12 aromatic carbocycles. The van der Waals surface area contributed by atoms with Crippen molar-refractivity contribution in [2.24, 2.45) is 0 Å². The van der Waals surface area contributed by atoms with Crippen LogP contribution in [0.25, 0.3) is 120 Å². The molecule has 0 atom stereocenters. The zero-order valence-electron chi connectivity index (χ0n) is 32.9. The molecule has 278 valence electrons. The average Bonchev–Trinajstić information content (AvgIpc) is 3.32. The van der Waals surface area contributed by atoms with Gasteiger partial charge in [-0.05, 0) is 138 Å². The Bertz CT molecular complexity index is 3520. The third kappa shape index (κ3) is 5.53. The standard InChI is InChI=1S/C60H38/c1-2-15-41(16-3-1)57-49-18-6-10-22-53(49)59(54-23-11-7-19-50(54)57)47-34-32-46-38-48(35-33-45(46)37-47)60-55-24-12-8-20-51(55)58(52-21-9-13-25-56(52)60)42-29-26-40(27-30-42)44-31-28-39-14-4-5-17-43(39)36-44/h1-38H. The summed E-state index contributed by atoms with van der Waals surface area (Å²) in [5, 5.41) is 15.1. The van der Waals surface area contributed by atoms with E-state index in [9.17, 15) is 0 Å². The first-order chi connectivity index (χ1) is 29.8. The zero-order chi connectivity index (χ0) is 39.6. The molecule has 0 heteroatoms. The highest BCUT2D eigenvalue weighted by molar-refractivity contribution is 6.23. The Morgan fingerprint density at radius 2 is 0.417 bits per heavy atom. The van der Waals surface area contributed by atoms with Crippen LogP contribution in [0.15, 0.2) is 231 Å². The van der Waals surface area contributed by atoms with E-state index in [-0.39, 0.29) is 0 Å². The van der Waals surface area contributed by atoms with Crippen molar-refractivity contribution >= 4 is 64.6 Å². The maximum absolute atomic E-state index is 2.39. The molecule has 0 spiro atoms. The van der Waals surface area contributed by atoms with E-state index in [1.807, 2.05) is 0 Å². The van der Waals surface area contributed by atoms with Gasteiger partial charge in [0.05, 0.1) is 0 Å². The maximum atomic E-state index is 2.39. The van der Waals surface area contributed by atoms with Crippen LogP contribution in [0.3, 0.4) is 0 Å². The number of benzene rings is 12. The van der Waals surface area contributed by atoms with Gasteiger partial charge in [0, 0.05) is 0 Å². The van der Waals surface area contributed by atoms with Crippen LogP contribution in [0.4, 0.5) is 0 Å². The maximum Gasteiger partial charge on any atom is -0.00262 e. The lowest BCUT2D eigenvalue weighted by Gasteiger charge is -2.19. The van der Waals surface area contributed by atoms with Gasteiger partial charge >= 0.3 is 0 Å². The summed E-state index contributed by atoms with van der Waals surface area (Å²) in [6.07, 6.45) is 0. The number of hydrogen-bond donors (Lipinski definition) is 0. The first-order valence-electron chi connectivity index (χ1n) is 20.8. The lowest BCUT2D eigenvalue weighted by molar-refractivity contribution is 1.63. The predicted octanol–water partition coefficient (Wildman–Crippen LogP) is 16.9. The Kier molecular flexibility index (Phi) is 7.96. The number of fused-ring (bicyclic) bond motifs is 6. The van der Waals surface area contributed by atoms with E-state index in [2.05, 4.69) is 231 Å². The zero-order valence-corrected chi connectivity index (χ0v) is 32.9. The van der Waals surface area contributed by atoms with E-state index in [1.165, 1.54) is 120 Å². The quantitative estimate of drug-likeness (QED) is 0.153. The van der Waals surface area contributed by atoms with Gasteiger partial charge in [0.15, 0.2) is 0 Å². The number of hydrogen-bond acceptors (Lipinski definition) is 0. The van der Waals surface area contributed by atoms with Gasteiger partial charge in [0.1, 0.15) is 0 Å². The second-order valence-electron chi connectivity index (χ2n) is 16.0. The van der Waals surface area contributed by atoms with Crippen LogP contribution < -0.4 is 0 Å². The molecular weight excluding hydrogens is 721 g/mol. The van der Waals surface area contributed by atoms with Crippen molar-refractivity contribution in [1.29, 1.82) is 0 Å². The molecule has 12 aromatic rings. The molecule has 12 rings (SSSR count). The summed E-state index contributed by atoms with van der Waals surface area (Å²) >= 11 is 0. The number of rotatable bonds is 5. The minimum Gasteiger partial charge on any atom is -0.0622 e. The second kappa shape index (κ2) is 13.9. The van der Waals surface area contributed by atoms with E-state index in [4.69, 9.17) is 0 Å². The van der Waals surface area contributed by atoms with Gasteiger partial charge in [-0.25, -0.2) is 0 Å². The third-order valence-corrected chi connectivity index (χ3v) is 12.6. The van der Waals surface area contributed by atoms with Gasteiger partial charge in [-0.15, -0.1) is 0 Å². The molecule has 0 nitrogen and oxygen atoms in total. The normalized spacial score (nSPS) is 11.7. The van der Waals surface area contributed by atoms with Gasteiger partial charge in [-0.2, -0.15) is 0 Å². The van der Waals surface area contributed by atoms with Gasteiger partial charge < -0.3 is 0 Å². The summed E-state index contributed by atoms with van der Waals surface area (Å²) in [4.78, 5) is 0. The molecule has 0 aliphatic carbocycles. The van der Waals surface area contributed by atoms with Crippen molar-refractivity contribution in [1.82, 2.24) is 0 Å². The van der Waals surface area contributed by atoms with E-state index < -0.39 is 0 Å². The molecule has 0 saturated heterocycles. The monoisotopic (exact) mass is 758 g/mol. The van der Waals surface area contributed by atoms with Crippen molar-refractivity contribution in [3.63, 3.8) is 0 Å². The van der Waals surface area contributed by atoms with Crippen LogP contribution in [0.5, 0.6) is 0 Å². The topological polar surface area (TPSA) is 0 Å². The minimum atomic E-state index is 1.22. The fourth-order valence-electron chi connectivity index (χ4n) is 9.86. The molecule has 0 aliphatic rings. The summed E-state index contributed by atoms with van der Waals surface area (Å²) in [5.41, 5.74) is 12.5. The fourth-order valence-corrected chi connectivity index (χ4v) is 9.86. The summed E-state index contributed by atoms with van der Waals surface area (Å²) in [5.74, 6) is 0. The molecule has 0 aromatic heterocycles. The van der Waals surface area contributed by atoms with Crippen molar-refractivity contribution < 1.29 is 0 Å². The van der Waals surface area contributed by atoms with Crippen molar-refractivity contribution in [2.75, 3.05) is 0 Å². The molecule has 0 bridgehead atoms. The van der Waals surface area contributed by atoms with Crippen molar-refractivity contribution in [3.8, 4) is 55.6 Å². The molecular formula is C60H38. The molecule has 0 amide bonds. The summed E-state index contributed by atoms with van der Waals surface area (Å²) in [6, 6.07) is 85.0. The van der Waals surface area contributed by atoms with Crippen LogP contribution in [-0.4, -0.2) is 0 Å². The molecule has 0 radical (unpaired) electrons. The van der Waals surface area contributed by atoms with Gasteiger partial charge in [0.2, 0.25) is 0 Å². The highest BCUT2D eigenvalue weighted by Crippen LogP contribution is 2.46. The van der Waals surface area contributed by atoms with Crippen molar-refractivity contribution in [2.45, 2.75) is 0 Å². The lowest BCUT2D eigenvalue weighted by Crippen LogP contribution is -1.92. The van der Waals surface area contributed by atoms with Crippen LogP contribution in [0, 0.1) is 0 Å². The second-order valence-corrected chi connectivity index (χ2v) is 16.0. The highest BCUT2D eigenvalue weighted by atomic mass is 14.2. The highest BCUT2D eigenvalue weighted by Gasteiger charge is 2.19. The van der Waals surface area contributed by atoms with Gasteiger partial charge in [0.25, 0.3) is 0 Å². The van der Waals surface area contributed by atoms with E-state index in [1.54, 1.807) is 0 Å². The predicted molar refractivity (Wildman–Crippen MR) is 259 cm³/mol. The Hall–Kier alpha value is -7.80. The SMILES string of the molecule is c1ccc(-c2c3ccccc3c(-c3ccc4cc(-c5c6ccccc6c(-c6ccc(-c7ccc8ccccc8c7)cc6)c6ccccc56)ccc4c3)c3ccccc23)cc1. The Morgan fingerprint density at radius 3 is 0.867 bits per heavy atom. The van der Waals surface area contributed by atoms with E-state index in [0.717, 1.165) is 0 Å². The van der Waals surface area contributed by atoms with E-state index >= 15 is 0 Å². The fraction of sp³-hybridized carbons (Fsp3) is 0. The Balaban J connectivity index is 0.989. The van der Waals surface area contributed by atoms with Gasteiger partial charge in [-0.3, -0.25) is 0 Å². The van der Waals surface area contributed by atoms with Crippen LogP contribution in [0.2, 0.25) is 0 Å². The average molecular weight is 759 g/mol. The van der Waals surface area contributed by atoms with Crippen LogP contribution >= 0.6 is 0 Å². The first-order valence-corrected chi connectivity index (χ1v) is 20.8.